The Kier molecular flexibility index (Phi) is 5.02. The summed E-state index contributed by atoms with van der Waals surface area (Å²) < 4.78 is 19.7. The maximum absolute atomic E-state index is 6.62. The fraction of sp³-hybridized carbons (Fsp3) is 0.250. The summed E-state index contributed by atoms with van der Waals surface area (Å²) in [4.78, 5) is 0. The van der Waals surface area contributed by atoms with Gasteiger partial charge in [-0.3, -0.25) is 0 Å². The van der Waals surface area contributed by atoms with E-state index in [2.05, 4.69) is 107 Å². The average molecular weight is 474 g/mol. The van der Waals surface area contributed by atoms with Gasteiger partial charge in [-0.15, -0.1) is 0 Å². The van der Waals surface area contributed by atoms with E-state index in [0.717, 1.165) is 50.4 Å². The van der Waals surface area contributed by atoms with Gasteiger partial charge in [0, 0.05) is 11.1 Å². The minimum atomic E-state index is -0.614. The van der Waals surface area contributed by atoms with Gasteiger partial charge in [0.05, 0.1) is 16.6 Å². The van der Waals surface area contributed by atoms with Gasteiger partial charge in [0.1, 0.15) is 11.5 Å². The van der Waals surface area contributed by atoms with Crippen molar-refractivity contribution in [3.8, 4) is 11.5 Å². The molecule has 36 heavy (non-hydrogen) atoms. The van der Waals surface area contributed by atoms with Crippen LogP contribution in [0.1, 0.15) is 56.9 Å². The quantitative estimate of drug-likeness (QED) is 0.376. The zero-order chi connectivity index (χ0) is 25.3. The van der Waals surface area contributed by atoms with Gasteiger partial charge in [-0.2, -0.15) is 0 Å². The Morgan fingerprint density at radius 2 is 1.36 bits per heavy atom. The van der Waals surface area contributed by atoms with E-state index in [-0.39, 0.29) is 0 Å². The fourth-order valence-corrected chi connectivity index (χ4v) is 5.88. The number of hydrogen-bond acceptors (Lipinski definition) is 3. The molecule has 2 heterocycles. The van der Waals surface area contributed by atoms with Crippen molar-refractivity contribution >= 4 is 18.2 Å². The molecule has 3 nitrogen and oxygen atoms in total. The first-order chi connectivity index (χ1) is 17.2. The van der Waals surface area contributed by atoms with Gasteiger partial charge in [0.2, 0.25) is 0 Å². The highest BCUT2D eigenvalue weighted by atomic mass is 16.7. The van der Waals surface area contributed by atoms with E-state index in [0.29, 0.717) is 0 Å². The molecule has 1 fully saturated rings. The summed E-state index contributed by atoms with van der Waals surface area (Å²) in [7, 11) is -0.502. The lowest BCUT2D eigenvalue weighted by Gasteiger charge is -2.40. The summed E-state index contributed by atoms with van der Waals surface area (Å²) >= 11 is 0. The van der Waals surface area contributed by atoms with E-state index in [1.165, 1.54) is 0 Å². The molecule has 0 bridgehead atoms. The lowest BCUT2D eigenvalue weighted by molar-refractivity contribution is 0.00578. The highest BCUT2D eigenvalue weighted by Crippen LogP contribution is 2.62. The maximum atomic E-state index is 6.62. The molecule has 0 radical (unpaired) electrons. The van der Waals surface area contributed by atoms with Crippen LogP contribution < -0.4 is 10.2 Å². The molecule has 3 aromatic rings. The van der Waals surface area contributed by atoms with Crippen molar-refractivity contribution in [1.29, 1.82) is 0 Å². The van der Waals surface area contributed by atoms with Crippen molar-refractivity contribution in [3.05, 3.63) is 119 Å². The van der Waals surface area contributed by atoms with Crippen molar-refractivity contribution in [2.45, 2.75) is 51.2 Å². The molecule has 0 unspecified atom stereocenters. The molecule has 1 saturated heterocycles. The Bertz CT molecular complexity index is 1400. The highest BCUT2D eigenvalue weighted by Gasteiger charge is 2.58. The number of rotatable bonds is 2. The topological polar surface area (TPSA) is 27.7 Å². The molecular formula is C32H31BO3. The van der Waals surface area contributed by atoms with Crippen LogP contribution >= 0.6 is 0 Å². The summed E-state index contributed by atoms with van der Waals surface area (Å²) in [5.74, 6) is 1.71. The van der Waals surface area contributed by atoms with E-state index in [4.69, 9.17) is 14.0 Å². The molecule has 3 aliphatic rings. The van der Waals surface area contributed by atoms with Crippen LogP contribution in [0.3, 0.4) is 0 Å². The average Bonchev–Trinajstić information content (AvgIpc) is 3.24. The first-order valence-electron chi connectivity index (χ1n) is 12.6. The SMILES string of the molecule is C=C1/C(=C\C=C/C)C2(c3ccccc3Oc3ccccc32)c2c(B3OC(C)(C)C(C)(C)O3)cccc21. The zero-order valence-corrected chi connectivity index (χ0v) is 21.6. The molecule has 2 aliphatic heterocycles. The highest BCUT2D eigenvalue weighted by molar-refractivity contribution is 6.63. The van der Waals surface area contributed by atoms with Gasteiger partial charge < -0.3 is 14.0 Å². The lowest BCUT2D eigenvalue weighted by Crippen LogP contribution is -2.43. The molecule has 1 aliphatic carbocycles. The molecule has 180 valence electrons. The van der Waals surface area contributed by atoms with Crippen LogP contribution in [0.4, 0.5) is 0 Å². The van der Waals surface area contributed by atoms with Crippen LogP contribution in [0.15, 0.2) is 97.1 Å². The number of hydrogen-bond donors (Lipinski definition) is 0. The number of para-hydroxylation sites is 2. The number of fused-ring (bicyclic) bond motifs is 6. The second-order valence-electron chi connectivity index (χ2n) is 10.8. The maximum Gasteiger partial charge on any atom is 0.495 e. The Balaban J connectivity index is 1.74. The van der Waals surface area contributed by atoms with Crippen molar-refractivity contribution in [1.82, 2.24) is 0 Å². The van der Waals surface area contributed by atoms with Crippen molar-refractivity contribution in [2.24, 2.45) is 0 Å². The molecular weight excluding hydrogens is 443 g/mol. The first kappa shape index (κ1) is 23.1. The van der Waals surface area contributed by atoms with E-state index >= 15 is 0 Å². The van der Waals surface area contributed by atoms with E-state index in [9.17, 15) is 0 Å². The van der Waals surface area contributed by atoms with Crippen LogP contribution in [-0.2, 0) is 14.7 Å². The summed E-state index contributed by atoms with van der Waals surface area (Å²) in [5.41, 5.74) is 6.15. The second kappa shape index (κ2) is 7.83. The normalized spacial score (nSPS) is 21.5. The zero-order valence-electron chi connectivity index (χ0n) is 21.6. The molecule has 0 amide bonds. The van der Waals surface area contributed by atoms with Gasteiger partial charge in [0.15, 0.2) is 0 Å². The Morgan fingerprint density at radius 1 is 0.778 bits per heavy atom. The number of benzene rings is 3. The third kappa shape index (κ3) is 2.95. The molecule has 4 heteroatoms. The molecule has 0 atom stereocenters. The summed E-state index contributed by atoms with van der Waals surface area (Å²) in [6.45, 7) is 15.1. The van der Waals surface area contributed by atoms with E-state index < -0.39 is 23.7 Å². The van der Waals surface area contributed by atoms with E-state index in [1.807, 2.05) is 19.1 Å². The fourth-order valence-electron chi connectivity index (χ4n) is 5.88. The molecule has 0 N–H and O–H groups in total. The van der Waals surface area contributed by atoms with Crippen molar-refractivity contribution < 1.29 is 14.0 Å². The van der Waals surface area contributed by atoms with Crippen LogP contribution in [-0.4, -0.2) is 18.3 Å². The monoisotopic (exact) mass is 474 g/mol. The third-order valence-electron chi connectivity index (χ3n) is 8.29. The van der Waals surface area contributed by atoms with Crippen LogP contribution in [0.5, 0.6) is 11.5 Å². The van der Waals surface area contributed by atoms with Crippen molar-refractivity contribution in [3.63, 3.8) is 0 Å². The number of allylic oxidation sites excluding steroid dienone is 5. The number of ether oxygens (including phenoxy) is 1. The summed E-state index contributed by atoms with van der Waals surface area (Å²) in [6.07, 6.45) is 6.36. The summed E-state index contributed by atoms with van der Waals surface area (Å²) in [5, 5.41) is 0. The smallest absolute Gasteiger partial charge is 0.457 e. The minimum Gasteiger partial charge on any atom is -0.457 e. The van der Waals surface area contributed by atoms with E-state index in [1.54, 1.807) is 0 Å². The Hall–Kier alpha value is -3.34. The van der Waals surface area contributed by atoms with Crippen LogP contribution in [0.25, 0.3) is 5.57 Å². The minimum absolute atomic E-state index is 0.446. The molecule has 3 aromatic carbocycles. The first-order valence-corrected chi connectivity index (χ1v) is 12.6. The molecule has 1 spiro atoms. The largest absolute Gasteiger partial charge is 0.495 e. The predicted octanol–water partition coefficient (Wildman–Crippen LogP) is 6.96. The predicted molar refractivity (Wildman–Crippen MR) is 147 cm³/mol. The third-order valence-corrected chi connectivity index (χ3v) is 8.29. The molecule has 0 saturated carbocycles. The Morgan fingerprint density at radius 3 is 1.94 bits per heavy atom. The van der Waals surface area contributed by atoms with Gasteiger partial charge in [0.25, 0.3) is 0 Å². The second-order valence-corrected chi connectivity index (χ2v) is 10.8. The van der Waals surface area contributed by atoms with Gasteiger partial charge >= 0.3 is 7.12 Å². The summed E-state index contributed by atoms with van der Waals surface area (Å²) in [6, 6.07) is 23.1. The Labute approximate surface area is 214 Å². The molecule has 0 aromatic heterocycles. The van der Waals surface area contributed by atoms with Gasteiger partial charge in [-0.25, -0.2) is 0 Å². The lowest BCUT2D eigenvalue weighted by atomic mass is 9.61. The van der Waals surface area contributed by atoms with Crippen molar-refractivity contribution in [2.75, 3.05) is 0 Å². The van der Waals surface area contributed by atoms with Gasteiger partial charge in [-0.05, 0) is 74.5 Å². The van der Waals surface area contributed by atoms with Gasteiger partial charge in [-0.1, -0.05) is 79.4 Å². The van der Waals surface area contributed by atoms with Crippen LogP contribution in [0, 0.1) is 0 Å². The molecule has 6 rings (SSSR count). The van der Waals surface area contributed by atoms with Crippen LogP contribution in [0.2, 0.25) is 0 Å². The standard InChI is InChI=1S/C32H31BO3/c1-7-8-15-23-21(2)22-14-13-18-26(33-35-30(3,4)31(5,6)36-33)29(22)32(23)24-16-9-11-19-27(24)34-28-20-12-10-17-25(28)32/h7-20H,2H2,1,3-6H3/b8-7-,23-15+.